The van der Waals surface area contributed by atoms with E-state index in [2.05, 4.69) is 10.3 Å². The molecule has 1 aromatic heterocycles. The molecular weight excluding hydrogens is 234 g/mol. The minimum Gasteiger partial charge on any atom is -0.213 e. The molecule has 0 radical (unpaired) electrons. The van der Waals surface area contributed by atoms with Gasteiger partial charge in [0.1, 0.15) is 5.52 Å². The first-order valence-electron chi connectivity index (χ1n) is 5.33. The van der Waals surface area contributed by atoms with E-state index in [1.54, 1.807) is 0 Å². The van der Waals surface area contributed by atoms with Gasteiger partial charge in [0.05, 0.1) is 11.2 Å². The molecule has 3 rings (SSSR count). The highest BCUT2D eigenvalue weighted by molar-refractivity contribution is 6.32. The first-order chi connectivity index (χ1) is 8.25. The molecule has 0 saturated carbocycles. The summed E-state index contributed by atoms with van der Waals surface area (Å²) in [7, 11) is 0. The van der Waals surface area contributed by atoms with Crippen molar-refractivity contribution in [1.29, 1.82) is 0 Å². The molecule has 0 saturated heterocycles. The second-order valence-electron chi connectivity index (χ2n) is 3.93. The van der Waals surface area contributed by atoms with Gasteiger partial charge in [-0.25, -0.2) is 4.68 Å². The maximum atomic E-state index is 6.07. The van der Waals surface area contributed by atoms with Crippen LogP contribution in [0.3, 0.4) is 0 Å². The fourth-order valence-corrected chi connectivity index (χ4v) is 1.96. The second kappa shape index (κ2) is 3.86. The molecule has 0 N–H and O–H groups in total. The zero-order valence-corrected chi connectivity index (χ0v) is 10.0. The Hall–Kier alpha value is -1.87. The van der Waals surface area contributed by atoms with Gasteiger partial charge in [0.15, 0.2) is 0 Å². The lowest BCUT2D eigenvalue weighted by Gasteiger charge is -2.02. The van der Waals surface area contributed by atoms with E-state index < -0.39 is 0 Å². The normalized spacial score (nSPS) is 10.9. The third kappa shape index (κ3) is 1.68. The number of para-hydroxylation sites is 1. The first kappa shape index (κ1) is 10.3. The van der Waals surface area contributed by atoms with Gasteiger partial charge in [-0.1, -0.05) is 35.0 Å². The Balaban J connectivity index is 2.29. The highest BCUT2D eigenvalue weighted by Gasteiger charge is 2.08. The van der Waals surface area contributed by atoms with Crippen LogP contribution >= 0.6 is 11.6 Å². The van der Waals surface area contributed by atoms with Crippen LogP contribution in [0.1, 0.15) is 5.56 Å². The van der Waals surface area contributed by atoms with Crippen molar-refractivity contribution < 1.29 is 0 Å². The monoisotopic (exact) mass is 243 g/mol. The average molecular weight is 244 g/mol. The van der Waals surface area contributed by atoms with Crippen molar-refractivity contribution in [3.63, 3.8) is 0 Å². The van der Waals surface area contributed by atoms with Crippen molar-refractivity contribution in [3.8, 4) is 5.69 Å². The number of hydrogen-bond donors (Lipinski definition) is 0. The van der Waals surface area contributed by atoms with E-state index in [4.69, 9.17) is 11.6 Å². The molecule has 0 aliphatic carbocycles. The van der Waals surface area contributed by atoms with Gasteiger partial charge in [0.25, 0.3) is 0 Å². The van der Waals surface area contributed by atoms with Gasteiger partial charge >= 0.3 is 0 Å². The van der Waals surface area contributed by atoms with E-state index in [1.165, 1.54) is 0 Å². The first-order valence-corrected chi connectivity index (χ1v) is 5.70. The number of halogens is 1. The van der Waals surface area contributed by atoms with Gasteiger partial charge in [-0.05, 0) is 36.8 Å². The molecule has 0 atom stereocenters. The van der Waals surface area contributed by atoms with Crippen molar-refractivity contribution in [2.75, 3.05) is 0 Å². The van der Waals surface area contributed by atoms with Gasteiger partial charge in [-0.3, -0.25) is 0 Å². The SMILES string of the molecule is Cc1cc2c(cc1Cl)nnn2-c1ccccc1. The maximum Gasteiger partial charge on any atom is 0.115 e. The molecule has 0 aliphatic heterocycles. The largest absolute Gasteiger partial charge is 0.213 e. The third-order valence-electron chi connectivity index (χ3n) is 2.73. The summed E-state index contributed by atoms with van der Waals surface area (Å²) in [5.41, 5.74) is 3.80. The Bertz CT molecular complexity index is 674. The lowest BCUT2D eigenvalue weighted by atomic mass is 10.2. The third-order valence-corrected chi connectivity index (χ3v) is 3.13. The molecule has 0 aliphatic rings. The number of nitrogens with zero attached hydrogens (tertiary/aromatic N) is 3. The molecule has 0 spiro atoms. The van der Waals surface area contributed by atoms with Crippen LogP contribution in [0.15, 0.2) is 42.5 Å². The molecule has 3 nitrogen and oxygen atoms in total. The van der Waals surface area contributed by atoms with Crippen LogP contribution in [0.2, 0.25) is 5.02 Å². The summed E-state index contributed by atoms with van der Waals surface area (Å²) >= 11 is 6.07. The van der Waals surface area contributed by atoms with Crippen LogP contribution in [0.25, 0.3) is 16.7 Å². The van der Waals surface area contributed by atoms with Crippen molar-refractivity contribution in [3.05, 3.63) is 53.1 Å². The number of rotatable bonds is 1. The Morgan fingerprint density at radius 2 is 1.88 bits per heavy atom. The van der Waals surface area contributed by atoms with Crippen LogP contribution < -0.4 is 0 Å². The van der Waals surface area contributed by atoms with Crippen molar-refractivity contribution >= 4 is 22.6 Å². The predicted molar refractivity (Wildman–Crippen MR) is 68.6 cm³/mol. The zero-order valence-electron chi connectivity index (χ0n) is 9.26. The van der Waals surface area contributed by atoms with E-state index in [9.17, 15) is 0 Å². The summed E-state index contributed by atoms with van der Waals surface area (Å²) in [5.74, 6) is 0. The van der Waals surface area contributed by atoms with Gasteiger partial charge < -0.3 is 0 Å². The van der Waals surface area contributed by atoms with Crippen molar-refractivity contribution in [1.82, 2.24) is 15.0 Å². The zero-order chi connectivity index (χ0) is 11.8. The summed E-state index contributed by atoms with van der Waals surface area (Å²) in [6, 6.07) is 13.8. The second-order valence-corrected chi connectivity index (χ2v) is 4.33. The Morgan fingerprint density at radius 3 is 2.65 bits per heavy atom. The lowest BCUT2D eigenvalue weighted by molar-refractivity contribution is 0.824. The molecule has 1 heterocycles. The summed E-state index contributed by atoms with van der Waals surface area (Å²) in [6.45, 7) is 1.98. The Kier molecular flexibility index (Phi) is 2.34. The van der Waals surface area contributed by atoms with Gasteiger partial charge in [0, 0.05) is 5.02 Å². The summed E-state index contributed by atoms with van der Waals surface area (Å²) in [4.78, 5) is 0. The smallest absolute Gasteiger partial charge is 0.115 e. The van der Waals surface area contributed by atoms with Crippen molar-refractivity contribution in [2.24, 2.45) is 0 Å². The Labute approximate surface area is 104 Å². The van der Waals surface area contributed by atoms with Crippen LogP contribution in [0.5, 0.6) is 0 Å². The highest BCUT2D eigenvalue weighted by atomic mass is 35.5. The van der Waals surface area contributed by atoms with Crippen LogP contribution in [0, 0.1) is 6.92 Å². The molecule has 4 heteroatoms. The number of hydrogen-bond acceptors (Lipinski definition) is 2. The van der Waals surface area contributed by atoms with E-state index >= 15 is 0 Å². The summed E-state index contributed by atoms with van der Waals surface area (Å²) < 4.78 is 1.82. The summed E-state index contributed by atoms with van der Waals surface area (Å²) in [5, 5.41) is 9.00. The van der Waals surface area contributed by atoms with Gasteiger partial charge in [-0.2, -0.15) is 0 Å². The fraction of sp³-hybridized carbons (Fsp3) is 0.0769. The van der Waals surface area contributed by atoms with Crippen LogP contribution in [-0.2, 0) is 0 Å². The highest BCUT2D eigenvalue weighted by Crippen LogP contribution is 2.23. The number of aromatic nitrogens is 3. The molecule has 0 bridgehead atoms. The standard InChI is InChI=1S/C13H10ClN3/c1-9-7-13-12(8-11(9)14)15-16-17(13)10-5-3-2-4-6-10/h2-8H,1H3. The molecule has 3 aromatic rings. The topological polar surface area (TPSA) is 30.7 Å². The van der Waals surface area contributed by atoms with E-state index in [1.807, 2.05) is 54.1 Å². The predicted octanol–water partition coefficient (Wildman–Crippen LogP) is 3.38. The van der Waals surface area contributed by atoms with E-state index in [0.717, 1.165) is 27.3 Å². The number of benzene rings is 2. The summed E-state index contributed by atoms with van der Waals surface area (Å²) in [6.07, 6.45) is 0. The van der Waals surface area contributed by atoms with Crippen LogP contribution in [0.4, 0.5) is 0 Å². The minimum atomic E-state index is 0.720. The van der Waals surface area contributed by atoms with Crippen LogP contribution in [-0.4, -0.2) is 15.0 Å². The lowest BCUT2D eigenvalue weighted by Crippen LogP contribution is -1.95. The average Bonchev–Trinajstić information content (AvgIpc) is 2.74. The van der Waals surface area contributed by atoms with E-state index in [0.29, 0.717) is 0 Å². The molecule has 0 fully saturated rings. The minimum absolute atomic E-state index is 0.720. The number of fused-ring (bicyclic) bond motifs is 1. The maximum absolute atomic E-state index is 6.07. The molecule has 0 amide bonds. The molecular formula is C13H10ClN3. The molecule has 84 valence electrons. The molecule has 0 unspecified atom stereocenters. The van der Waals surface area contributed by atoms with Crippen molar-refractivity contribution in [2.45, 2.75) is 6.92 Å². The quantitative estimate of drug-likeness (QED) is 0.656. The number of aryl methyl sites for hydroxylation is 1. The fourth-order valence-electron chi connectivity index (χ4n) is 1.81. The molecule has 2 aromatic carbocycles. The van der Waals surface area contributed by atoms with Gasteiger partial charge in [-0.15, -0.1) is 5.10 Å². The Morgan fingerprint density at radius 1 is 1.12 bits per heavy atom. The molecule has 17 heavy (non-hydrogen) atoms. The van der Waals surface area contributed by atoms with E-state index in [-0.39, 0.29) is 0 Å². The van der Waals surface area contributed by atoms with Gasteiger partial charge in [0.2, 0.25) is 0 Å².